The Balaban J connectivity index is 2.58. The number of benzene rings is 2. The molecule has 2 aromatic rings. The van der Waals surface area contributed by atoms with Gasteiger partial charge in [0.15, 0.2) is 0 Å². The van der Waals surface area contributed by atoms with Crippen molar-refractivity contribution in [3.63, 3.8) is 0 Å². The molecule has 5 nitrogen and oxygen atoms in total. The summed E-state index contributed by atoms with van der Waals surface area (Å²) in [6, 6.07) is 11.0. The number of nitrogens with zero attached hydrogens (tertiary/aromatic N) is 1. The zero-order valence-electron chi connectivity index (χ0n) is 11.1. The van der Waals surface area contributed by atoms with Gasteiger partial charge in [0.1, 0.15) is 12.4 Å². The van der Waals surface area contributed by atoms with E-state index in [-0.39, 0.29) is 10.6 Å². The predicted molar refractivity (Wildman–Crippen MR) is 82.7 cm³/mol. The maximum absolute atomic E-state index is 14.1. The van der Waals surface area contributed by atoms with E-state index in [0.29, 0.717) is 8.78 Å². The highest BCUT2D eigenvalue weighted by atomic mass is 79.9. The molecule has 0 amide bonds. The zero-order valence-corrected chi connectivity index (χ0v) is 13.5. The summed E-state index contributed by atoms with van der Waals surface area (Å²) in [6.07, 6.45) is 0. The van der Waals surface area contributed by atoms with Crippen molar-refractivity contribution in [3.05, 3.63) is 58.8 Å². The number of sulfonamides is 1. The van der Waals surface area contributed by atoms with Crippen LogP contribution in [0, 0.1) is 5.82 Å². The molecule has 0 bridgehead atoms. The maximum atomic E-state index is 14.1. The highest BCUT2D eigenvalue weighted by molar-refractivity contribution is 9.10. The molecule has 0 saturated carbocycles. The molecule has 0 fully saturated rings. The van der Waals surface area contributed by atoms with E-state index >= 15 is 0 Å². The molecule has 0 aliphatic carbocycles. The van der Waals surface area contributed by atoms with Crippen LogP contribution in [0.4, 0.5) is 10.1 Å². The van der Waals surface area contributed by atoms with E-state index in [0.717, 1.165) is 6.07 Å². The lowest BCUT2D eigenvalue weighted by atomic mass is 10.3. The van der Waals surface area contributed by atoms with E-state index in [9.17, 15) is 17.6 Å². The summed E-state index contributed by atoms with van der Waals surface area (Å²) >= 11 is 3.07. The Morgan fingerprint density at radius 3 is 2.36 bits per heavy atom. The van der Waals surface area contributed by atoms with Crippen LogP contribution >= 0.6 is 15.9 Å². The first-order valence-corrected chi connectivity index (χ1v) is 8.30. The van der Waals surface area contributed by atoms with Gasteiger partial charge in [-0.25, -0.2) is 12.8 Å². The SMILES string of the molecule is O=C(O)CN(c1ccc(Br)cc1F)S(=O)(=O)c1ccccc1. The summed E-state index contributed by atoms with van der Waals surface area (Å²) in [7, 11) is -4.19. The van der Waals surface area contributed by atoms with E-state index in [1.807, 2.05) is 0 Å². The van der Waals surface area contributed by atoms with Gasteiger partial charge in [0.25, 0.3) is 10.0 Å². The van der Waals surface area contributed by atoms with Crippen LogP contribution in [0.1, 0.15) is 0 Å². The van der Waals surface area contributed by atoms with E-state index in [1.165, 1.54) is 36.4 Å². The summed E-state index contributed by atoms with van der Waals surface area (Å²) in [4.78, 5) is 10.9. The Morgan fingerprint density at radius 1 is 1.18 bits per heavy atom. The number of carboxylic acids is 1. The lowest BCUT2D eigenvalue weighted by molar-refractivity contribution is -0.135. The van der Waals surface area contributed by atoms with Crippen LogP contribution in [-0.4, -0.2) is 26.0 Å². The summed E-state index contributed by atoms with van der Waals surface area (Å²) in [6.45, 7) is -0.879. The monoisotopic (exact) mass is 387 g/mol. The van der Waals surface area contributed by atoms with Gasteiger partial charge in [-0.2, -0.15) is 0 Å². The fraction of sp³-hybridized carbons (Fsp3) is 0.0714. The van der Waals surface area contributed by atoms with Crippen LogP contribution in [0.15, 0.2) is 57.9 Å². The predicted octanol–water partition coefficient (Wildman–Crippen LogP) is 2.87. The first-order chi connectivity index (χ1) is 10.3. The fourth-order valence-corrected chi connectivity index (χ4v) is 3.60. The second-order valence-electron chi connectivity index (χ2n) is 4.31. The minimum atomic E-state index is -4.19. The highest BCUT2D eigenvalue weighted by Gasteiger charge is 2.28. The summed E-state index contributed by atoms with van der Waals surface area (Å²) in [5, 5.41) is 8.96. The number of anilines is 1. The van der Waals surface area contributed by atoms with E-state index in [1.54, 1.807) is 6.07 Å². The molecule has 0 heterocycles. The molecule has 2 aromatic carbocycles. The van der Waals surface area contributed by atoms with E-state index in [4.69, 9.17) is 5.11 Å². The molecule has 8 heteroatoms. The van der Waals surface area contributed by atoms with Gasteiger partial charge in [-0.3, -0.25) is 9.10 Å². The van der Waals surface area contributed by atoms with Crippen LogP contribution in [-0.2, 0) is 14.8 Å². The minimum Gasteiger partial charge on any atom is -0.480 e. The van der Waals surface area contributed by atoms with Gasteiger partial charge in [-0.05, 0) is 30.3 Å². The second kappa shape index (κ2) is 6.45. The highest BCUT2D eigenvalue weighted by Crippen LogP contribution is 2.28. The molecule has 0 unspecified atom stereocenters. The van der Waals surface area contributed by atoms with Gasteiger partial charge >= 0.3 is 5.97 Å². The molecule has 0 aromatic heterocycles. The number of hydrogen-bond acceptors (Lipinski definition) is 3. The third-order valence-electron chi connectivity index (χ3n) is 2.79. The smallest absolute Gasteiger partial charge is 0.324 e. The van der Waals surface area contributed by atoms with Crippen molar-refractivity contribution in [2.24, 2.45) is 0 Å². The van der Waals surface area contributed by atoms with Crippen LogP contribution in [0.5, 0.6) is 0 Å². The van der Waals surface area contributed by atoms with Crippen LogP contribution in [0.3, 0.4) is 0 Å². The summed E-state index contributed by atoms with van der Waals surface area (Å²) < 4.78 is 40.2. The normalized spacial score (nSPS) is 11.2. The average molecular weight is 388 g/mol. The molecule has 2 rings (SSSR count). The number of aliphatic carboxylic acids is 1. The number of carboxylic acid groups (broad SMARTS) is 1. The lowest BCUT2D eigenvalue weighted by Gasteiger charge is -2.23. The molecule has 0 aliphatic heterocycles. The Hall–Kier alpha value is -1.93. The van der Waals surface area contributed by atoms with Crippen molar-refractivity contribution in [3.8, 4) is 0 Å². The molecule has 1 N–H and O–H groups in total. The van der Waals surface area contributed by atoms with Gasteiger partial charge in [0, 0.05) is 4.47 Å². The van der Waals surface area contributed by atoms with Crippen molar-refractivity contribution in [1.82, 2.24) is 0 Å². The second-order valence-corrected chi connectivity index (χ2v) is 7.09. The van der Waals surface area contributed by atoms with Gasteiger partial charge in [0.05, 0.1) is 10.6 Å². The van der Waals surface area contributed by atoms with Gasteiger partial charge in [-0.15, -0.1) is 0 Å². The Kier molecular flexibility index (Phi) is 4.82. The topological polar surface area (TPSA) is 74.7 Å². The Labute approximate surface area is 135 Å². The molecule has 0 atom stereocenters. The molecule has 0 radical (unpaired) electrons. The quantitative estimate of drug-likeness (QED) is 0.855. The standard InChI is InChI=1S/C14H11BrFNO4S/c15-10-6-7-13(12(16)8-10)17(9-14(18)19)22(20,21)11-4-2-1-3-5-11/h1-8H,9H2,(H,18,19). The zero-order chi connectivity index (χ0) is 16.3. The Morgan fingerprint density at radius 2 is 1.82 bits per heavy atom. The molecule has 22 heavy (non-hydrogen) atoms. The largest absolute Gasteiger partial charge is 0.480 e. The Bertz CT molecular complexity index is 796. The maximum Gasteiger partial charge on any atom is 0.324 e. The third-order valence-corrected chi connectivity index (χ3v) is 5.06. The number of carbonyl (C=O) groups is 1. The minimum absolute atomic E-state index is 0.112. The number of halogens is 2. The number of rotatable bonds is 5. The first kappa shape index (κ1) is 16.4. The van der Waals surface area contributed by atoms with Crippen molar-refractivity contribution >= 4 is 37.6 Å². The van der Waals surface area contributed by atoms with Crippen molar-refractivity contribution in [2.75, 3.05) is 10.8 Å². The fourth-order valence-electron chi connectivity index (χ4n) is 1.83. The molecule has 116 valence electrons. The average Bonchev–Trinajstić information content (AvgIpc) is 2.46. The molecule has 0 saturated heterocycles. The molecule has 0 aliphatic rings. The molecular weight excluding hydrogens is 377 g/mol. The van der Waals surface area contributed by atoms with Gasteiger partial charge < -0.3 is 5.11 Å². The van der Waals surface area contributed by atoms with E-state index < -0.39 is 28.4 Å². The van der Waals surface area contributed by atoms with Gasteiger partial charge in [0.2, 0.25) is 0 Å². The van der Waals surface area contributed by atoms with Crippen LogP contribution in [0.25, 0.3) is 0 Å². The number of hydrogen-bond donors (Lipinski definition) is 1. The third kappa shape index (κ3) is 3.45. The summed E-state index contributed by atoms with van der Waals surface area (Å²) in [5.74, 6) is -2.23. The molecular formula is C14H11BrFNO4S. The van der Waals surface area contributed by atoms with Crippen LogP contribution < -0.4 is 4.31 Å². The van der Waals surface area contributed by atoms with Crippen molar-refractivity contribution in [2.45, 2.75) is 4.90 Å². The van der Waals surface area contributed by atoms with E-state index in [2.05, 4.69) is 15.9 Å². The molecule has 0 spiro atoms. The summed E-state index contributed by atoms with van der Waals surface area (Å²) in [5.41, 5.74) is -0.325. The van der Waals surface area contributed by atoms with Crippen LogP contribution in [0.2, 0.25) is 0 Å². The lowest BCUT2D eigenvalue weighted by Crippen LogP contribution is -2.36. The van der Waals surface area contributed by atoms with Crippen molar-refractivity contribution < 1.29 is 22.7 Å². The van der Waals surface area contributed by atoms with Crippen molar-refractivity contribution in [1.29, 1.82) is 0 Å². The first-order valence-electron chi connectivity index (χ1n) is 6.07. The van der Waals surface area contributed by atoms with Gasteiger partial charge in [-0.1, -0.05) is 34.1 Å².